The molecule has 0 rings (SSSR count). The molecule has 0 aromatic heterocycles. The molecular formula is H3K4O4P+4. The van der Waals surface area contributed by atoms with Crippen LogP contribution in [0.1, 0.15) is 0 Å². The molecule has 0 aromatic carbocycles. The summed E-state index contributed by atoms with van der Waals surface area (Å²) in [6, 6.07) is 0. The fourth-order valence-corrected chi connectivity index (χ4v) is 0. The normalized spacial score (nSPS) is 6.56. The standard InChI is InChI=1S/4K.H3O4P/c;;;;1-5(2,3)4/h;;;;(H3,1,2,3,4)/q4*+1;. The van der Waals surface area contributed by atoms with Crippen LogP contribution in [0.2, 0.25) is 0 Å². The molecule has 0 aliphatic carbocycles. The second-order valence-electron chi connectivity index (χ2n) is 0.513. The van der Waals surface area contributed by atoms with Crippen molar-refractivity contribution in [3.63, 3.8) is 0 Å². The van der Waals surface area contributed by atoms with Crippen LogP contribution in [0.15, 0.2) is 0 Å². The van der Waals surface area contributed by atoms with Gasteiger partial charge >= 0.3 is 213 Å². The molecule has 0 amide bonds. The molecule has 0 saturated carbocycles. The van der Waals surface area contributed by atoms with E-state index in [9.17, 15) is 0 Å². The first-order chi connectivity index (χ1) is 2.00. The topological polar surface area (TPSA) is 77.8 Å². The molecule has 4 nitrogen and oxygen atoms in total. The van der Waals surface area contributed by atoms with Crippen molar-refractivity contribution in [1.82, 2.24) is 0 Å². The second-order valence-corrected chi connectivity index (χ2v) is 1.54. The van der Waals surface area contributed by atoms with E-state index in [0.717, 1.165) is 0 Å². The molecule has 0 aliphatic heterocycles. The van der Waals surface area contributed by atoms with Gasteiger partial charge < -0.3 is 14.7 Å². The van der Waals surface area contributed by atoms with Crippen molar-refractivity contribution in [2.45, 2.75) is 0 Å². The number of rotatable bonds is 0. The molecular weight excluding hydrogens is 251 g/mol. The van der Waals surface area contributed by atoms with Crippen LogP contribution in [0.5, 0.6) is 0 Å². The van der Waals surface area contributed by atoms with Crippen LogP contribution in [-0.4, -0.2) is 14.7 Å². The van der Waals surface area contributed by atoms with E-state index < -0.39 is 7.82 Å². The fourth-order valence-electron chi connectivity index (χ4n) is 0. The first-order valence-electron chi connectivity index (χ1n) is 0.783. The Bertz CT molecular complexity index is 58.7. The van der Waals surface area contributed by atoms with Crippen molar-refractivity contribution in [2.24, 2.45) is 0 Å². The van der Waals surface area contributed by atoms with Crippen molar-refractivity contribution in [3.8, 4) is 0 Å². The van der Waals surface area contributed by atoms with Gasteiger partial charge in [-0.25, -0.2) is 4.57 Å². The molecule has 0 aliphatic rings. The Kier molecular flexibility index (Phi) is 56.1. The van der Waals surface area contributed by atoms with Crippen LogP contribution in [0.4, 0.5) is 0 Å². The number of hydrogen-bond acceptors (Lipinski definition) is 1. The van der Waals surface area contributed by atoms with Gasteiger partial charge in [0.25, 0.3) is 0 Å². The van der Waals surface area contributed by atoms with Crippen LogP contribution in [0.25, 0.3) is 0 Å². The summed E-state index contributed by atoms with van der Waals surface area (Å²) in [5.74, 6) is 0. The van der Waals surface area contributed by atoms with E-state index in [1.807, 2.05) is 0 Å². The molecule has 0 heterocycles. The third-order valence-corrected chi connectivity index (χ3v) is 0. The summed E-state index contributed by atoms with van der Waals surface area (Å²) in [4.78, 5) is 21.6. The van der Waals surface area contributed by atoms with Crippen LogP contribution in [0, 0.1) is 0 Å². The van der Waals surface area contributed by atoms with E-state index in [0.29, 0.717) is 0 Å². The molecule has 0 atom stereocenters. The van der Waals surface area contributed by atoms with Gasteiger partial charge in [0.1, 0.15) is 0 Å². The van der Waals surface area contributed by atoms with Crippen molar-refractivity contribution in [3.05, 3.63) is 0 Å². The van der Waals surface area contributed by atoms with E-state index >= 15 is 0 Å². The third kappa shape index (κ3) is 53.0. The molecule has 9 heteroatoms. The zero-order valence-electron chi connectivity index (χ0n) is 6.20. The predicted octanol–water partition coefficient (Wildman–Crippen LogP) is -12.9. The SMILES string of the molecule is O=P(O)(O)O.[K+].[K+].[K+].[K+]. The van der Waals surface area contributed by atoms with Gasteiger partial charge in [-0.15, -0.1) is 0 Å². The van der Waals surface area contributed by atoms with Gasteiger partial charge in [-0.1, -0.05) is 0 Å². The minimum absolute atomic E-state index is 0. The fraction of sp³-hybridized carbons (Fsp3) is 0. The molecule has 0 unspecified atom stereocenters. The summed E-state index contributed by atoms with van der Waals surface area (Å²) in [5.41, 5.74) is 0. The van der Waals surface area contributed by atoms with Gasteiger partial charge in [0.05, 0.1) is 0 Å². The van der Waals surface area contributed by atoms with Gasteiger partial charge in [0.2, 0.25) is 0 Å². The first-order valence-corrected chi connectivity index (χ1v) is 2.35. The second kappa shape index (κ2) is 17.1. The molecule has 9 heavy (non-hydrogen) atoms. The first kappa shape index (κ1) is 29.6. The maximum Gasteiger partial charge on any atom is 1.00 e. The molecule has 0 bridgehead atoms. The Morgan fingerprint density at radius 3 is 0.778 bits per heavy atom. The summed E-state index contributed by atoms with van der Waals surface area (Å²) in [6.07, 6.45) is 0. The van der Waals surface area contributed by atoms with Gasteiger partial charge in [0.15, 0.2) is 0 Å². The largest absolute Gasteiger partial charge is 1.00 e. The summed E-state index contributed by atoms with van der Waals surface area (Å²) in [7, 11) is -4.64. The van der Waals surface area contributed by atoms with E-state index in [1.165, 1.54) is 0 Å². The molecule has 3 N–H and O–H groups in total. The zero-order valence-corrected chi connectivity index (χ0v) is 19.6. The zero-order chi connectivity index (χ0) is 4.50. The van der Waals surface area contributed by atoms with E-state index in [2.05, 4.69) is 0 Å². The molecule has 0 aromatic rings. The average Bonchev–Trinajstić information content (AvgIpc) is 0.722. The van der Waals surface area contributed by atoms with Crippen molar-refractivity contribution in [1.29, 1.82) is 0 Å². The molecule has 32 valence electrons. The quantitative estimate of drug-likeness (QED) is 0.296. The van der Waals surface area contributed by atoms with Gasteiger partial charge in [-0.2, -0.15) is 0 Å². The maximum absolute atomic E-state index is 8.88. The Morgan fingerprint density at radius 2 is 0.778 bits per heavy atom. The predicted molar refractivity (Wildman–Crippen MR) is 14.3 cm³/mol. The third-order valence-electron chi connectivity index (χ3n) is 0. The maximum atomic E-state index is 8.88. The van der Waals surface area contributed by atoms with Gasteiger partial charge in [0, 0.05) is 0 Å². The Balaban J connectivity index is -0.0000000133. The van der Waals surface area contributed by atoms with Gasteiger partial charge in [-0.05, 0) is 0 Å². The molecule has 0 radical (unpaired) electrons. The summed E-state index contributed by atoms with van der Waals surface area (Å²) >= 11 is 0. The molecule has 0 fully saturated rings. The van der Waals surface area contributed by atoms with Crippen LogP contribution < -0.4 is 206 Å². The summed E-state index contributed by atoms with van der Waals surface area (Å²) in [6.45, 7) is 0. The number of phosphoric acid groups is 1. The Labute approximate surface area is 224 Å². The van der Waals surface area contributed by atoms with Gasteiger partial charge in [-0.3, -0.25) is 0 Å². The smallest absolute Gasteiger partial charge is 0.303 e. The Hall–Kier alpha value is 6.66. The van der Waals surface area contributed by atoms with E-state index in [-0.39, 0.29) is 206 Å². The summed E-state index contributed by atoms with van der Waals surface area (Å²) in [5, 5.41) is 0. The molecule has 0 spiro atoms. The van der Waals surface area contributed by atoms with Crippen LogP contribution in [0.3, 0.4) is 0 Å². The van der Waals surface area contributed by atoms with Crippen molar-refractivity contribution in [2.75, 3.05) is 0 Å². The van der Waals surface area contributed by atoms with E-state index in [1.54, 1.807) is 0 Å². The minimum atomic E-state index is -4.64. The summed E-state index contributed by atoms with van der Waals surface area (Å²) < 4.78 is 8.88. The van der Waals surface area contributed by atoms with E-state index in [4.69, 9.17) is 19.2 Å². The molecule has 0 saturated heterocycles. The van der Waals surface area contributed by atoms with Crippen molar-refractivity contribution >= 4 is 7.82 Å². The monoisotopic (exact) mass is 254 g/mol. The van der Waals surface area contributed by atoms with Crippen molar-refractivity contribution < 1.29 is 225 Å². The Morgan fingerprint density at radius 1 is 0.778 bits per heavy atom. The number of hydrogen-bond donors (Lipinski definition) is 3. The minimum Gasteiger partial charge on any atom is -0.303 e. The average molecular weight is 254 g/mol. The van der Waals surface area contributed by atoms with Crippen LogP contribution in [-0.2, 0) is 4.57 Å². The van der Waals surface area contributed by atoms with Crippen LogP contribution >= 0.6 is 7.82 Å².